The molecule has 2 aliphatic rings. The molecule has 1 amide bonds. The van der Waals surface area contributed by atoms with E-state index in [0.717, 1.165) is 40.9 Å². The third-order valence-corrected chi connectivity index (χ3v) is 6.24. The van der Waals surface area contributed by atoms with Gasteiger partial charge in [-0.25, -0.2) is 4.98 Å². The number of thiazole rings is 1. The molecule has 2 aromatic heterocycles. The predicted molar refractivity (Wildman–Crippen MR) is 92.6 cm³/mol. The maximum Gasteiger partial charge on any atom is 0.267 e. The van der Waals surface area contributed by atoms with E-state index in [-0.39, 0.29) is 5.91 Å². The summed E-state index contributed by atoms with van der Waals surface area (Å²) in [7, 11) is 0. The van der Waals surface area contributed by atoms with Gasteiger partial charge in [0.15, 0.2) is 0 Å². The highest BCUT2D eigenvalue weighted by Gasteiger charge is 2.34. The second-order valence-electron chi connectivity index (χ2n) is 6.99. The fourth-order valence-electron chi connectivity index (χ4n) is 4.27. The second kappa shape index (κ2) is 6.11. The van der Waals surface area contributed by atoms with Gasteiger partial charge in [-0.15, -0.1) is 11.3 Å². The van der Waals surface area contributed by atoms with E-state index < -0.39 is 0 Å². The Morgan fingerprint density at radius 1 is 1.30 bits per heavy atom. The molecule has 2 heterocycles. The van der Waals surface area contributed by atoms with E-state index in [2.05, 4.69) is 15.3 Å². The summed E-state index contributed by atoms with van der Waals surface area (Å²) in [6.07, 6.45) is 9.58. The monoisotopic (exact) mass is 329 g/mol. The number of nitrogens with zero attached hydrogens (tertiary/aromatic N) is 1. The minimum atomic E-state index is 0.0182. The Hall–Kier alpha value is -1.62. The van der Waals surface area contributed by atoms with Crippen LogP contribution in [0.3, 0.4) is 0 Å². The molecule has 0 spiro atoms. The topological polar surface area (TPSA) is 57.8 Å². The Bertz CT molecular complexity index is 705. The summed E-state index contributed by atoms with van der Waals surface area (Å²) in [6, 6.07) is 2.25. The van der Waals surface area contributed by atoms with Crippen LogP contribution in [0.25, 0.3) is 11.3 Å². The van der Waals surface area contributed by atoms with E-state index in [0.29, 0.717) is 11.7 Å². The number of H-pyrrole nitrogens is 1. The lowest BCUT2D eigenvalue weighted by Gasteiger charge is -2.32. The van der Waals surface area contributed by atoms with Gasteiger partial charge >= 0.3 is 0 Å². The Morgan fingerprint density at radius 2 is 2.17 bits per heavy atom. The van der Waals surface area contributed by atoms with E-state index >= 15 is 0 Å². The lowest BCUT2D eigenvalue weighted by molar-refractivity contribution is 0.0906. The predicted octanol–water partition coefficient (Wildman–Crippen LogP) is 4.15. The van der Waals surface area contributed by atoms with Gasteiger partial charge in [-0.05, 0) is 44.1 Å². The van der Waals surface area contributed by atoms with Crippen LogP contribution in [0, 0.1) is 18.8 Å². The van der Waals surface area contributed by atoms with Crippen molar-refractivity contribution in [1.29, 1.82) is 0 Å². The molecule has 2 fully saturated rings. The molecular weight excluding hydrogens is 306 g/mol. The highest BCUT2D eigenvalue weighted by Crippen LogP contribution is 2.42. The number of aromatic amines is 1. The number of aromatic nitrogens is 2. The van der Waals surface area contributed by atoms with Crippen molar-refractivity contribution in [1.82, 2.24) is 15.3 Å². The molecule has 0 radical (unpaired) electrons. The minimum absolute atomic E-state index is 0.0182. The van der Waals surface area contributed by atoms with Crippen LogP contribution in [0.1, 0.15) is 54.0 Å². The van der Waals surface area contributed by atoms with Gasteiger partial charge < -0.3 is 10.3 Å². The first-order valence-corrected chi connectivity index (χ1v) is 9.49. The number of rotatable bonds is 3. The molecule has 2 saturated carbocycles. The summed E-state index contributed by atoms with van der Waals surface area (Å²) >= 11 is 1.63. The van der Waals surface area contributed by atoms with Crippen molar-refractivity contribution in [2.24, 2.45) is 11.8 Å². The van der Waals surface area contributed by atoms with Crippen molar-refractivity contribution in [3.8, 4) is 11.3 Å². The van der Waals surface area contributed by atoms with Crippen molar-refractivity contribution in [2.75, 3.05) is 0 Å². The van der Waals surface area contributed by atoms with E-state index in [1.54, 1.807) is 11.3 Å². The van der Waals surface area contributed by atoms with Crippen LogP contribution in [0.2, 0.25) is 0 Å². The lowest BCUT2D eigenvalue weighted by atomic mass is 9.79. The average molecular weight is 329 g/mol. The van der Waals surface area contributed by atoms with Crippen LogP contribution in [0.4, 0.5) is 0 Å². The van der Waals surface area contributed by atoms with Crippen LogP contribution in [-0.2, 0) is 0 Å². The van der Waals surface area contributed by atoms with Gasteiger partial charge in [-0.1, -0.05) is 19.3 Å². The highest BCUT2D eigenvalue weighted by molar-refractivity contribution is 7.09. The van der Waals surface area contributed by atoms with Gasteiger partial charge in [0.25, 0.3) is 5.91 Å². The van der Waals surface area contributed by atoms with Crippen LogP contribution in [0.5, 0.6) is 0 Å². The van der Waals surface area contributed by atoms with Crippen molar-refractivity contribution in [3.63, 3.8) is 0 Å². The summed E-state index contributed by atoms with van der Waals surface area (Å²) in [5, 5.41) is 6.30. The summed E-state index contributed by atoms with van der Waals surface area (Å²) in [4.78, 5) is 20.1. The molecule has 0 bridgehead atoms. The second-order valence-corrected chi connectivity index (χ2v) is 8.05. The van der Waals surface area contributed by atoms with Gasteiger partial charge in [-0.3, -0.25) is 4.79 Å². The molecule has 2 aromatic rings. The number of fused-ring (bicyclic) bond motifs is 1. The molecule has 2 N–H and O–H groups in total. The number of hydrogen-bond acceptors (Lipinski definition) is 3. The number of aryl methyl sites for hydroxylation is 1. The summed E-state index contributed by atoms with van der Waals surface area (Å²) in [5.41, 5.74) is 2.56. The molecule has 23 heavy (non-hydrogen) atoms. The van der Waals surface area contributed by atoms with Gasteiger partial charge in [0.1, 0.15) is 5.69 Å². The van der Waals surface area contributed by atoms with Gasteiger partial charge in [0, 0.05) is 23.2 Å². The molecule has 3 atom stereocenters. The molecule has 4 nitrogen and oxygen atoms in total. The SMILES string of the molecule is Cc1nc(-c2c[nH]c(C(=O)N[C@@H]3CC[C@H]4CCC[C@@H]4C3)c2)cs1. The van der Waals surface area contributed by atoms with E-state index in [1.165, 1.54) is 25.7 Å². The van der Waals surface area contributed by atoms with Crippen LogP contribution in [0.15, 0.2) is 17.6 Å². The zero-order chi connectivity index (χ0) is 15.8. The van der Waals surface area contributed by atoms with Crippen molar-refractivity contribution in [3.05, 3.63) is 28.3 Å². The fourth-order valence-corrected chi connectivity index (χ4v) is 4.89. The lowest BCUT2D eigenvalue weighted by Crippen LogP contribution is -2.39. The standard InChI is InChI=1S/C18H23N3OS/c1-11-20-17(10-23-11)14-8-16(19-9-14)18(22)21-15-6-5-12-3-2-4-13(12)7-15/h8-10,12-13,15,19H,2-7H2,1H3,(H,21,22)/t12-,13-,15-/m1/s1. The molecule has 0 aliphatic heterocycles. The Morgan fingerprint density at radius 3 is 3.00 bits per heavy atom. The van der Waals surface area contributed by atoms with Gasteiger partial charge in [0.05, 0.1) is 10.7 Å². The fraction of sp³-hybridized carbons (Fsp3) is 0.556. The van der Waals surface area contributed by atoms with Crippen LogP contribution >= 0.6 is 11.3 Å². The first-order chi connectivity index (χ1) is 11.2. The van der Waals surface area contributed by atoms with Crippen molar-refractivity contribution < 1.29 is 4.79 Å². The minimum Gasteiger partial charge on any atom is -0.357 e. The van der Waals surface area contributed by atoms with E-state index in [4.69, 9.17) is 0 Å². The van der Waals surface area contributed by atoms with Crippen molar-refractivity contribution >= 4 is 17.2 Å². The van der Waals surface area contributed by atoms with Crippen molar-refractivity contribution in [2.45, 2.75) is 51.5 Å². The highest BCUT2D eigenvalue weighted by atomic mass is 32.1. The first kappa shape index (κ1) is 14.9. The zero-order valence-electron chi connectivity index (χ0n) is 13.5. The maximum absolute atomic E-state index is 12.5. The van der Waals surface area contributed by atoms with Crippen LogP contribution in [-0.4, -0.2) is 21.9 Å². The molecule has 122 valence electrons. The summed E-state index contributed by atoms with van der Waals surface area (Å²) in [6.45, 7) is 1.99. The van der Waals surface area contributed by atoms with Crippen LogP contribution < -0.4 is 5.32 Å². The number of nitrogens with one attached hydrogen (secondary N) is 2. The quantitative estimate of drug-likeness (QED) is 0.889. The molecule has 4 rings (SSSR count). The Balaban J connectivity index is 1.40. The van der Waals surface area contributed by atoms with Gasteiger partial charge in [0.2, 0.25) is 0 Å². The third-order valence-electron chi connectivity index (χ3n) is 5.47. The number of carbonyl (C=O) groups is 1. The molecule has 0 unspecified atom stereocenters. The normalized spacial score (nSPS) is 26.9. The van der Waals surface area contributed by atoms with E-state index in [1.807, 2.05) is 24.6 Å². The Labute approximate surface area is 140 Å². The third kappa shape index (κ3) is 3.07. The summed E-state index contributed by atoms with van der Waals surface area (Å²) < 4.78 is 0. The first-order valence-electron chi connectivity index (χ1n) is 8.61. The number of hydrogen-bond donors (Lipinski definition) is 2. The number of carbonyl (C=O) groups excluding carboxylic acids is 1. The van der Waals surface area contributed by atoms with Gasteiger partial charge in [-0.2, -0.15) is 0 Å². The average Bonchev–Trinajstić information content (AvgIpc) is 3.26. The largest absolute Gasteiger partial charge is 0.357 e. The summed E-state index contributed by atoms with van der Waals surface area (Å²) in [5.74, 6) is 1.78. The maximum atomic E-state index is 12.5. The number of amides is 1. The molecule has 0 aromatic carbocycles. The molecule has 0 saturated heterocycles. The smallest absolute Gasteiger partial charge is 0.267 e. The molecule has 5 heteroatoms. The zero-order valence-corrected chi connectivity index (χ0v) is 14.3. The Kier molecular flexibility index (Phi) is 3.97. The molecule has 2 aliphatic carbocycles. The van der Waals surface area contributed by atoms with E-state index in [9.17, 15) is 4.79 Å². The molecular formula is C18H23N3OS.